The van der Waals surface area contributed by atoms with Crippen LogP contribution in [0.3, 0.4) is 0 Å². The highest BCUT2D eigenvalue weighted by molar-refractivity contribution is 7.25. The van der Waals surface area contributed by atoms with Gasteiger partial charge in [0.05, 0.1) is 0 Å². The van der Waals surface area contributed by atoms with Crippen LogP contribution < -0.4 is 5.73 Å². The summed E-state index contributed by atoms with van der Waals surface area (Å²) < 4.78 is 1.25. The van der Waals surface area contributed by atoms with E-state index in [1.165, 1.54) is 15.5 Å². The molecule has 0 radical (unpaired) electrons. The fourth-order valence-electron chi connectivity index (χ4n) is 1.82. The number of pyridine rings is 1. The number of nitrogens with two attached hydrogens (primary N) is 1. The quantitative estimate of drug-likeness (QED) is 0.583. The first kappa shape index (κ1) is 8.68. The molecular formula is C12H10N2S. The summed E-state index contributed by atoms with van der Waals surface area (Å²) in [5.41, 5.74) is 7.91. The molecule has 0 amide bonds. The highest BCUT2D eigenvalue weighted by Gasteiger charge is 2.08. The van der Waals surface area contributed by atoms with E-state index in [2.05, 4.69) is 24.0 Å². The standard InChI is InChI=1S/C12H10N2S/c1-7-10(13)5-4-8-9-3-2-6-14-12(9)15-11(7)8/h2-6H,13H2,1H3. The van der Waals surface area contributed by atoms with Gasteiger partial charge in [-0.25, -0.2) is 4.98 Å². The minimum absolute atomic E-state index is 0.856. The summed E-state index contributed by atoms with van der Waals surface area (Å²) in [6.07, 6.45) is 1.83. The second-order valence-electron chi connectivity index (χ2n) is 3.61. The predicted octanol–water partition coefficient (Wildman–Crippen LogP) is 3.34. The zero-order chi connectivity index (χ0) is 10.4. The molecular weight excluding hydrogens is 204 g/mol. The molecule has 0 spiro atoms. The van der Waals surface area contributed by atoms with Crippen LogP contribution in [-0.2, 0) is 0 Å². The van der Waals surface area contributed by atoms with Crippen LogP contribution in [0.2, 0.25) is 0 Å². The molecule has 3 aromatic rings. The molecule has 2 N–H and O–H groups in total. The Kier molecular flexibility index (Phi) is 1.70. The fourth-order valence-corrected chi connectivity index (χ4v) is 2.98. The Hall–Kier alpha value is -1.61. The molecule has 0 fully saturated rings. The maximum absolute atomic E-state index is 5.89. The van der Waals surface area contributed by atoms with Crippen molar-refractivity contribution in [3.05, 3.63) is 36.0 Å². The van der Waals surface area contributed by atoms with Gasteiger partial charge in [0, 0.05) is 27.4 Å². The van der Waals surface area contributed by atoms with E-state index in [9.17, 15) is 0 Å². The first-order valence-electron chi connectivity index (χ1n) is 4.79. The molecule has 3 heteroatoms. The van der Waals surface area contributed by atoms with Crippen molar-refractivity contribution < 1.29 is 0 Å². The molecule has 0 saturated carbocycles. The van der Waals surface area contributed by atoms with Crippen molar-refractivity contribution in [2.45, 2.75) is 6.92 Å². The highest BCUT2D eigenvalue weighted by Crippen LogP contribution is 2.36. The van der Waals surface area contributed by atoms with E-state index in [4.69, 9.17) is 5.73 Å². The van der Waals surface area contributed by atoms with E-state index < -0.39 is 0 Å². The lowest BCUT2D eigenvalue weighted by Gasteiger charge is -1.99. The Labute approximate surface area is 91.4 Å². The molecule has 15 heavy (non-hydrogen) atoms. The molecule has 0 aliphatic carbocycles. The Morgan fingerprint density at radius 1 is 1.20 bits per heavy atom. The molecule has 2 heterocycles. The minimum Gasteiger partial charge on any atom is -0.398 e. The van der Waals surface area contributed by atoms with Gasteiger partial charge in [0.2, 0.25) is 0 Å². The Balaban J connectivity index is 2.60. The van der Waals surface area contributed by atoms with Gasteiger partial charge in [-0.1, -0.05) is 6.07 Å². The number of rotatable bonds is 0. The fraction of sp³-hybridized carbons (Fsp3) is 0.0833. The minimum atomic E-state index is 0.856. The maximum Gasteiger partial charge on any atom is 0.124 e. The van der Waals surface area contributed by atoms with Gasteiger partial charge >= 0.3 is 0 Å². The summed E-state index contributed by atoms with van der Waals surface area (Å²) in [5, 5.41) is 2.48. The van der Waals surface area contributed by atoms with Crippen molar-refractivity contribution in [3.63, 3.8) is 0 Å². The van der Waals surface area contributed by atoms with E-state index in [0.717, 1.165) is 16.1 Å². The number of thiophene rings is 1. The lowest BCUT2D eigenvalue weighted by Crippen LogP contribution is -1.87. The third-order valence-electron chi connectivity index (χ3n) is 2.71. The molecule has 0 aliphatic rings. The van der Waals surface area contributed by atoms with E-state index in [1.54, 1.807) is 11.3 Å². The number of fused-ring (bicyclic) bond motifs is 3. The summed E-state index contributed by atoms with van der Waals surface area (Å²) in [6, 6.07) is 8.13. The third kappa shape index (κ3) is 1.13. The monoisotopic (exact) mass is 214 g/mol. The van der Waals surface area contributed by atoms with E-state index in [1.807, 2.05) is 18.3 Å². The van der Waals surface area contributed by atoms with Crippen LogP contribution in [0.1, 0.15) is 5.56 Å². The maximum atomic E-state index is 5.89. The highest BCUT2D eigenvalue weighted by atomic mass is 32.1. The summed E-state index contributed by atoms with van der Waals surface area (Å²) in [6.45, 7) is 2.06. The zero-order valence-electron chi connectivity index (χ0n) is 8.32. The Bertz CT molecular complexity index is 655. The summed E-state index contributed by atoms with van der Waals surface area (Å²) in [4.78, 5) is 5.45. The molecule has 3 rings (SSSR count). The number of hydrogen-bond donors (Lipinski definition) is 1. The molecule has 1 aromatic carbocycles. The molecule has 0 saturated heterocycles. The number of nitrogen functional groups attached to an aromatic ring is 1. The number of aromatic nitrogens is 1. The molecule has 2 aromatic heterocycles. The average Bonchev–Trinajstić information content (AvgIpc) is 2.63. The SMILES string of the molecule is Cc1c(N)ccc2c1sc1ncccc12. The van der Waals surface area contributed by atoms with Gasteiger partial charge in [0.15, 0.2) is 0 Å². The van der Waals surface area contributed by atoms with Gasteiger partial charge in [0.1, 0.15) is 4.83 Å². The number of hydrogen-bond acceptors (Lipinski definition) is 3. The van der Waals surface area contributed by atoms with Crippen LogP contribution in [-0.4, -0.2) is 4.98 Å². The predicted molar refractivity (Wildman–Crippen MR) is 66.3 cm³/mol. The Morgan fingerprint density at radius 3 is 2.93 bits per heavy atom. The van der Waals surface area contributed by atoms with E-state index in [0.29, 0.717) is 0 Å². The van der Waals surface area contributed by atoms with Crippen LogP contribution in [0.15, 0.2) is 30.5 Å². The van der Waals surface area contributed by atoms with Gasteiger partial charge < -0.3 is 5.73 Å². The van der Waals surface area contributed by atoms with E-state index >= 15 is 0 Å². The second kappa shape index (κ2) is 2.94. The first-order chi connectivity index (χ1) is 7.27. The van der Waals surface area contributed by atoms with Crippen molar-refractivity contribution in [1.82, 2.24) is 4.98 Å². The van der Waals surface area contributed by atoms with Crippen molar-refractivity contribution in [1.29, 1.82) is 0 Å². The van der Waals surface area contributed by atoms with Crippen molar-refractivity contribution >= 4 is 37.3 Å². The van der Waals surface area contributed by atoms with E-state index in [-0.39, 0.29) is 0 Å². The average molecular weight is 214 g/mol. The number of aryl methyl sites for hydroxylation is 1. The zero-order valence-corrected chi connectivity index (χ0v) is 9.14. The summed E-state index contributed by atoms with van der Waals surface area (Å²) in [5.74, 6) is 0. The van der Waals surface area contributed by atoms with Gasteiger partial charge in [0.25, 0.3) is 0 Å². The van der Waals surface area contributed by atoms with Crippen molar-refractivity contribution in [3.8, 4) is 0 Å². The smallest absolute Gasteiger partial charge is 0.124 e. The van der Waals surface area contributed by atoms with Crippen LogP contribution in [0.5, 0.6) is 0 Å². The van der Waals surface area contributed by atoms with Gasteiger partial charge in [-0.2, -0.15) is 0 Å². The number of anilines is 1. The van der Waals surface area contributed by atoms with Crippen LogP contribution in [0.4, 0.5) is 5.69 Å². The van der Waals surface area contributed by atoms with Crippen molar-refractivity contribution in [2.24, 2.45) is 0 Å². The number of nitrogens with zero attached hydrogens (tertiary/aromatic N) is 1. The summed E-state index contributed by atoms with van der Waals surface area (Å²) in [7, 11) is 0. The molecule has 0 atom stereocenters. The van der Waals surface area contributed by atoms with Gasteiger partial charge in [-0.3, -0.25) is 0 Å². The molecule has 2 nitrogen and oxygen atoms in total. The van der Waals surface area contributed by atoms with Gasteiger partial charge in [-0.05, 0) is 30.7 Å². The molecule has 0 unspecified atom stereocenters. The Morgan fingerprint density at radius 2 is 2.07 bits per heavy atom. The normalized spacial score (nSPS) is 11.3. The van der Waals surface area contributed by atoms with Crippen LogP contribution in [0, 0.1) is 6.92 Å². The molecule has 0 aliphatic heterocycles. The topological polar surface area (TPSA) is 38.9 Å². The largest absolute Gasteiger partial charge is 0.398 e. The van der Waals surface area contributed by atoms with Crippen LogP contribution in [0.25, 0.3) is 20.3 Å². The lowest BCUT2D eigenvalue weighted by molar-refractivity contribution is 1.45. The molecule has 74 valence electrons. The summed E-state index contributed by atoms with van der Waals surface area (Å²) >= 11 is 1.71. The lowest BCUT2D eigenvalue weighted by atomic mass is 10.1. The van der Waals surface area contributed by atoms with Gasteiger partial charge in [-0.15, -0.1) is 11.3 Å². The second-order valence-corrected chi connectivity index (χ2v) is 4.61. The first-order valence-corrected chi connectivity index (χ1v) is 5.61. The molecule has 0 bridgehead atoms. The third-order valence-corrected chi connectivity index (χ3v) is 3.96. The van der Waals surface area contributed by atoms with Crippen LogP contribution >= 0.6 is 11.3 Å². The van der Waals surface area contributed by atoms with Crippen molar-refractivity contribution in [2.75, 3.05) is 5.73 Å². The number of benzene rings is 1.